The lowest BCUT2D eigenvalue weighted by molar-refractivity contribution is 0.0526. The second-order valence-corrected chi connectivity index (χ2v) is 8.03. The van der Waals surface area contributed by atoms with Crippen LogP contribution >= 0.6 is 0 Å². The van der Waals surface area contributed by atoms with Crippen molar-refractivity contribution in [1.82, 2.24) is 15.0 Å². The van der Waals surface area contributed by atoms with Crippen molar-refractivity contribution in [3.8, 4) is 6.07 Å². The van der Waals surface area contributed by atoms with Crippen molar-refractivity contribution in [3.05, 3.63) is 60.0 Å². The molecule has 3 atom stereocenters. The normalized spacial score (nSPS) is 25.6. The van der Waals surface area contributed by atoms with Crippen LogP contribution in [0.5, 0.6) is 0 Å². The molecule has 144 valence electrons. The van der Waals surface area contributed by atoms with Gasteiger partial charge in [0.15, 0.2) is 0 Å². The highest BCUT2D eigenvalue weighted by Crippen LogP contribution is 2.42. The summed E-state index contributed by atoms with van der Waals surface area (Å²) in [5.41, 5.74) is 1.86. The molecule has 29 heavy (non-hydrogen) atoms. The summed E-state index contributed by atoms with van der Waals surface area (Å²) in [5, 5.41) is 15.2. The first-order chi connectivity index (χ1) is 14.2. The third-order valence-electron chi connectivity index (χ3n) is 6.67. The van der Waals surface area contributed by atoms with Crippen LogP contribution in [0.2, 0.25) is 0 Å². The number of nitrogens with zero attached hydrogens (tertiary/aromatic N) is 5. The molecule has 0 unspecified atom stereocenters. The third kappa shape index (κ3) is 2.33. The lowest BCUT2D eigenvalue weighted by Crippen LogP contribution is -2.53. The van der Waals surface area contributed by atoms with Crippen molar-refractivity contribution in [1.29, 1.82) is 5.26 Å². The van der Waals surface area contributed by atoms with Crippen molar-refractivity contribution in [3.63, 3.8) is 0 Å². The number of benzene rings is 2. The van der Waals surface area contributed by atoms with Crippen LogP contribution < -0.4 is 4.90 Å². The molecule has 3 aromatic rings. The number of likely N-dealkylation sites (tertiary alicyclic amines) is 1. The first kappa shape index (κ1) is 16.6. The van der Waals surface area contributed by atoms with Crippen LogP contribution in [0.15, 0.2) is 53.2 Å². The van der Waals surface area contributed by atoms with Gasteiger partial charge in [-0.2, -0.15) is 5.26 Å². The molecule has 2 bridgehead atoms. The average Bonchev–Trinajstić information content (AvgIpc) is 3.54. The van der Waals surface area contributed by atoms with Crippen molar-refractivity contribution >= 4 is 22.4 Å². The van der Waals surface area contributed by atoms with Gasteiger partial charge in [-0.25, -0.2) is 0 Å². The minimum Gasteiger partial charge on any atom is -0.356 e. The molecule has 7 nitrogen and oxygen atoms in total. The van der Waals surface area contributed by atoms with Gasteiger partial charge in [-0.15, -0.1) is 0 Å². The second kappa shape index (κ2) is 6.06. The minimum atomic E-state index is -0.0584. The summed E-state index contributed by atoms with van der Waals surface area (Å²) in [7, 11) is 0. The maximum absolute atomic E-state index is 12.8. The number of carbonyl (C=O) groups is 1. The van der Waals surface area contributed by atoms with Gasteiger partial charge in [-0.3, -0.25) is 9.69 Å². The van der Waals surface area contributed by atoms with Crippen molar-refractivity contribution in [2.24, 2.45) is 0 Å². The van der Waals surface area contributed by atoms with E-state index in [0.717, 1.165) is 42.6 Å². The molecule has 6 rings (SSSR count). The van der Waals surface area contributed by atoms with E-state index < -0.39 is 0 Å². The fraction of sp³-hybridized carbons (Fsp3) is 0.318. The van der Waals surface area contributed by atoms with Gasteiger partial charge < -0.3 is 14.3 Å². The SMILES string of the molecule is N#Cc1ccc(N2C[C@H]3[C@@H]4C[C@@H](CN4C(=O)c4ccno4)N3C2)c2ccccc12. The summed E-state index contributed by atoms with van der Waals surface area (Å²) >= 11 is 0. The van der Waals surface area contributed by atoms with Gasteiger partial charge in [-0.1, -0.05) is 29.4 Å². The number of hydrogen-bond acceptors (Lipinski definition) is 6. The molecule has 0 radical (unpaired) electrons. The predicted octanol–water partition coefficient (Wildman–Crippen LogP) is 2.44. The van der Waals surface area contributed by atoms with E-state index >= 15 is 0 Å². The molecular weight excluding hydrogens is 366 g/mol. The van der Waals surface area contributed by atoms with Gasteiger partial charge in [-0.05, 0) is 18.6 Å². The lowest BCUT2D eigenvalue weighted by Gasteiger charge is -2.35. The van der Waals surface area contributed by atoms with Gasteiger partial charge in [0.05, 0.1) is 30.5 Å². The molecule has 7 heteroatoms. The Kier molecular flexibility index (Phi) is 3.46. The fourth-order valence-electron chi connectivity index (χ4n) is 5.40. The summed E-state index contributed by atoms with van der Waals surface area (Å²) in [6, 6.07) is 16.9. The maximum Gasteiger partial charge on any atom is 0.292 e. The van der Waals surface area contributed by atoms with Crippen molar-refractivity contribution in [2.75, 3.05) is 24.7 Å². The van der Waals surface area contributed by atoms with Crippen LogP contribution in [0.25, 0.3) is 10.8 Å². The standard InChI is InChI=1S/C22H19N5O2/c23-10-14-5-6-18(17-4-2-1-3-16(14)17)25-12-20-19-9-15(27(20)13-25)11-26(19)22(28)21-7-8-24-29-21/h1-8,15,19-20H,9,11-13H2/t15-,19-,20-/m0/s1. The molecule has 3 saturated heterocycles. The highest BCUT2D eigenvalue weighted by Gasteiger charge is 2.55. The summed E-state index contributed by atoms with van der Waals surface area (Å²) < 4.78 is 5.10. The first-order valence-electron chi connectivity index (χ1n) is 9.89. The van der Waals surface area contributed by atoms with Gasteiger partial charge in [0.1, 0.15) is 0 Å². The van der Waals surface area contributed by atoms with E-state index in [2.05, 4.69) is 33.2 Å². The van der Waals surface area contributed by atoms with E-state index in [1.165, 1.54) is 6.20 Å². The Hall–Kier alpha value is -3.37. The number of rotatable bonds is 2. The summed E-state index contributed by atoms with van der Waals surface area (Å²) in [5.74, 6) is 0.258. The number of carbonyl (C=O) groups excluding carboxylic acids is 1. The van der Waals surface area contributed by atoms with E-state index in [1.54, 1.807) is 6.07 Å². The quantitative estimate of drug-likeness (QED) is 0.674. The van der Waals surface area contributed by atoms with E-state index in [-0.39, 0.29) is 11.9 Å². The number of fused-ring (bicyclic) bond motifs is 6. The van der Waals surface area contributed by atoms with Crippen LogP contribution in [-0.2, 0) is 0 Å². The Balaban J connectivity index is 1.30. The number of anilines is 1. The summed E-state index contributed by atoms with van der Waals surface area (Å²) in [6.07, 6.45) is 2.54. The highest BCUT2D eigenvalue weighted by molar-refractivity contribution is 5.98. The smallest absolute Gasteiger partial charge is 0.292 e. The Morgan fingerprint density at radius 2 is 1.97 bits per heavy atom. The molecule has 3 aliphatic rings. The Morgan fingerprint density at radius 3 is 2.76 bits per heavy atom. The minimum absolute atomic E-state index is 0.0584. The van der Waals surface area contributed by atoms with E-state index in [9.17, 15) is 10.1 Å². The molecule has 0 saturated carbocycles. The molecule has 1 aromatic heterocycles. The second-order valence-electron chi connectivity index (χ2n) is 8.03. The molecule has 0 N–H and O–H groups in total. The van der Waals surface area contributed by atoms with Crippen LogP contribution in [0, 0.1) is 11.3 Å². The van der Waals surface area contributed by atoms with Gasteiger partial charge in [0, 0.05) is 47.7 Å². The number of nitriles is 1. The monoisotopic (exact) mass is 385 g/mol. The van der Waals surface area contributed by atoms with E-state index in [1.807, 2.05) is 29.2 Å². The summed E-state index contributed by atoms with van der Waals surface area (Å²) in [6.45, 7) is 2.46. The predicted molar refractivity (Wildman–Crippen MR) is 106 cm³/mol. The zero-order chi connectivity index (χ0) is 19.5. The topological polar surface area (TPSA) is 76.6 Å². The Bertz CT molecular complexity index is 1150. The number of piperazine rings is 1. The molecule has 3 fully saturated rings. The Morgan fingerprint density at radius 1 is 1.10 bits per heavy atom. The van der Waals surface area contributed by atoms with Crippen LogP contribution in [-0.4, -0.2) is 58.7 Å². The van der Waals surface area contributed by atoms with Crippen molar-refractivity contribution < 1.29 is 9.32 Å². The fourth-order valence-corrected chi connectivity index (χ4v) is 5.40. The zero-order valence-corrected chi connectivity index (χ0v) is 15.7. The molecule has 0 aliphatic carbocycles. The number of hydrogen-bond donors (Lipinski definition) is 0. The molecular formula is C22H19N5O2. The third-order valence-corrected chi connectivity index (χ3v) is 6.67. The molecule has 4 heterocycles. The van der Waals surface area contributed by atoms with Crippen LogP contribution in [0.3, 0.4) is 0 Å². The molecule has 1 amide bonds. The average molecular weight is 385 g/mol. The van der Waals surface area contributed by atoms with E-state index in [4.69, 9.17) is 4.52 Å². The number of amides is 1. The van der Waals surface area contributed by atoms with Crippen LogP contribution in [0.4, 0.5) is 5.69 Å². The van der Waals surface area contributed by atoms with E-state index in [0.29, 0.717) is 23.4 Å². The zero-order valence-electron chi connectivity index (χ0n) is 15.7. The largest absolute Gasteiger partial charge is 0.356 e. The highest BCUT2D eigenvalue weighted by atomic mass is 16.5. The summed E-state index contributed by atoms with van der Waals surface area (Å²) in [4.78, 5) is 19.7. The maximum atomic E-state index is 12.8. The molecule has 2 aromatic carbocycles. The van der Waals surface area contributed by atoms with Gasteiger partial charge in [0.2, 0.25) is 5.76 Å². The Labute approximate surface area is 167 Å². The van der Waals surface area contributed by atoms with Gasteiger partial charge >= 0.3 is 0 Å². The van der Waals surface area contributed by atoms with Crippen molar-refractivity contribution in [2.45, 2.75) is 24.5 Å². The number of aromatic nitrogens is 1. The first-order valence-corrected chi connectivity index (χ1v) is 9.89. The molecule has 3 aliphatic heterocycles. The van der Waals surface area contributed by atoms with Crippen LogP contribution in [0.1, 0.15) is 22.5 Å². The molecule has 0 spiro atoms. The lowest BCUT2D eigenvalue weighted by atomic mass is 10.0. The van der Waals surface area contributed by atoms with Gasteiger partial charge in [0.25, 0.3) is 5.91 Å².